The molecule has 98 valence electrons. The fourth-order valence-corrected chi connectivity index (χ4v) is 1.89. The summed E-state index contributed by atoms with van der Waals surface area (Å²) in [7, 11) is 0. The molecule has 0 aromatic rings. The van der Waals surface area contributed by atoms with Gasteiger partial charge in [-0.15, -0.1) is 0 Å². The first kappa shape index (κ1) is 14.3. The normalized spacial score (nSPS) is 20.2. The van der Waals surface area contributed by atoms with E-state index in [0.717, 1.165) is 0 Å². The van der Waals surface area contributed by atoms with Crippen LogP contribution in [-0.2, 0) is 0 Å². The minimum atomic E-state index is -4.08. The third-order valence-corrected chi connectivity index (χ3v) is 3.15. The molecule has 6 heteroatoms. The molecule has 0 atom stereocenters. The van der Waals surface area contributed by atoms with Crippen molar-refractivity contribution in [1.82, 2.24) is 9.80 Å². The van der Waals surface area contributed by atoms with Gasteiger partial charge in [0, 0.05) is 32.7 Å². The Morgan fingerprint density at radius 1 is 1.12 bits per heavy atom. The Morgan fingerprint density at radius 2 is 1.65 bits per heavy atom. The highest BCUT2D eigenvalue weighted by Gasteiger charge is 2.32. The highest BCUT2D eigenvalue weighted by atomic mass is 19.4. The van der Waals surface area contributed by atoms with Gasteiger partial charge in [0.25, 0.3) is 0 Å². The molecule has 1 saturated heterocycles. The van der Waals surface area contributed by atoms with Crippen LogP contribution in [0.15, 0.2) is 0 Å². The Hall–Kier alpha value is -0.800. The van der Waals surface area contributed by atoms with Crippen LogP contribution >= 0.6 is 0 Å². The first-order valence-corrected chi connectivity index (χ1v) is 5.70. The molecule has 17 heavy (non-hydrogen) atoms. The summed E-state index contributed by atoms with van der Waals surface area (Å²) in [5.41, 5.74) is -0.532. The minimum Gasteiger partial charge on any atom is -0.300 e. The van der Waals surface area contributed by atoms with Crippen molar-refractivity contribution in [2.75, 3.05) is 32.7 Å². The van der Waals surface area contributed by atoms with E-state index in [2.05, 4.69) is 6.07 Å². The Morgan fingerprint density at radius 3 is 2.06 bits per heavy atom. The number of alkyl halides is 3. The summed E-state index contributed by atoms with van der Waals surface area (Å²) >= 11 is 0. The molecule has 1 rings (SSSR count). The van der Waals surface area contributed by atoms with E-state index >= 15 is 0 Å². The van der Waals surface area contributed by atoms with E-state index < -0.39 is 18.1 Å². The molecular formula is C11H18F3N3. The van der Waals surface area contributed by atoms with E-state index in [1.54, 1.807) is 4.90 Å². The lowest BCUT2D eigenvalue weighted by Crippen LogP contribution is -2.54. The van der Waals surface area contributed by atoms with Crippen LogP contribution in [0.25, 0.3) is 0 Å². The van der Waals surface area contributed by atoms with E-state index in [1.807, 2.05) is 18.7 Å². The molecule has 1 aliphatic rings. The molecule has 0 spiro atoms. The molecule has 1 aliphatic heterocycles. The fourth-order valence-electron chi connectivity index (χ4n) is 1.89. The van der Waals surface area contributed by atoms with Crippen LogP contribution < -0.4 is 0 Å². The van der Waals surface area contributed by atoms with Gasteiger partial charge in [0.2, 0.25) is 0 Å². The highest BCUT2D eigenvalue weighted by molar-refractivity contribution is 5.02. The van der Waals surface area contributed by atoms with Crippen LogP contribution in [0.4, 0.5) is 13.2 Å². The number of hydrogen-bond acceptors (Lipinski definition) is 3. The lowest BCUT2D eigenvalue weighted by Gasteiger charge is -2.40. The van der Waals surface area contributed by atoms with Crippen LogP contribution in [0.1, 0.15) is 20.3 Å². The number of nitriles is 1. The topological polar surface area (TPSA) is 30.3 Å². The summed E-state index contributed by atoms with van der Waals surface area (Å²) in [5.74, 6) is 0. The number of piperazine rings is 1. The molecule has 0 aromatic heterocycles. The maximum atomic E-state index is 12.1. The van der Waals surface area contributed by atoms with Crippen molar-refractivity contribution in [3.63, 3.8) is 0 Å². The lowest BCUT2D eigenvalue weighted by atomic mass is 10.0. The Labute approximate surface area is 99.8 Å². The average Bonchev–Trinajstić information content (AvgIpc) is 2.26. The monoisotopic (exact) mass is 249 g/mol. The number of rotatable bonds is 3. The molecule has 0 amide bonds. The summed E-state index contributed by atoms with van der Waals surface area (Å²) in [4.78, 5) is 3.81. The maximum absolute atomic E-state index is 12.1. The summed E-state index contributed by atoms with van der Waals surface area (Å²) in [6.45, 7) is 6.22. The van der Waals surface area contributed by atoms with Crippen LogP contribution in [0.2, 0.25) is 0 Å². The first-order valence-electron chi connectivity index (χ1n) is 5.70. The van der Waals surface area contributed by atoms with E-state index in [4.69, 9.17) is 5.26 Å². The summed E-state index contributed by atoms with van der Waals surface area (Å²) in [6, 6.07) is 2.21. The highest BCUT2D eigenvalue weighted by Crippen LogP contribution is 2.21. The standard InChI is InChI=1S/C11H18F3N3/c1-10(2,9-15)17-7-5-16(6-8-17)4-3-11(12,13)14/h3-8H2,1-2H3. The van der Waals surface area contributed by atoms with Gasteiger partial charge in [0.15, 0.2) is 0 Å². The molecule has 1 fully saturated rings. The molecular weight excluding hydrogens is 231 g/mol. The number of hydrogen-bond donors (Lipinski definition) is 0. The van der Waals surface area contributed by atoms with Gasteiger partial charge < -0.3 is 4.90 Å². The smallest absolute Gasteiger partial charge is 0.300 e. The van der Waals surface area contributed by atoms with Gasteiger partial charge in [0.05, 0.1) is 12.5 Å². The molecule has 0 N–H and O–H groups in total. The van der Waals surface area contributed by atoms with Crippen molar-refractivity contribution < 1.29 is 13.2 Å². The maximum Gasteiger partial charge on any atom is 0.390 e. The van der Waals surface area contributed by atoms with Crippen molar-refractivity contribution in [1.29, 1.82) is 5.26 Å². The lowest BCUT2D eigenvalue weighted by molar-refractivity contribution is -0.139. The minimum absolute atomic E-state index is 0.0598. The third-order valence-electron chi connectivity index (χ3n) is 3.15. The molecule has 0 aliphatic carbocycles. The molecule has 0 aromatic carbocycles. The fraction of sp³-hybridized carbons (Fsp3) is 0.909. The van der Waals surface area contributed by atoms with Gasteiger partial charge >= 0.3 is 6.18 Å². The zero-order valence-corrected chi connectivity index (χ0v) is 10.2. The summed E-state index contributed by atoms with van der Waals surface area (Å²) in [6.07, 6.45) is -4.84. The quantitative estimate of drug-likeness (QED) is 0.764. The second-order valence-electron chi connectivity index (χ2n) is 4.86. The van der Waals surface area contributed by atoms with Gasteiger partial charge in [0.1, 0.15) is 5.54 Å². The predicted molar refractivity (Wildman–Crippen MR) is 58.4 cm³/mol. The van der Waals surface area contributed by atoms with Crippen molar-refractivity contribution in [2.45, 2.75) is 32.0 Å². The van der Waals surface area contributed by atoms with Gasteiger partial charge in [-0.25, -0.2) is 0 Å². The van der Waals surface area contributed by atoms with E-state index in [0.29, 0.717) is 26.2 Å². The summed E-state index contributed by atoms with van der Waals surface area (Å²) < 4.78 is 36.2. The average molecular weight is 249 g/mol. The number of nitrogens with zero attached hydrogens (tertiary/aromatic N) is 3. The SMILES string of the molecule is CC(C)(C#N)N1CCN(CCC(F)(F)F)CC1. The molecule has 0 unspecified atom stereocenters. The van der Waals surface area contributed by atoms with Crippen LogP contribution in [0.5, 0.6) is 0 Å². The van der Waals surface area contributed by atoms with Crippen LogP contribution in [0, 0.1) is 11.3 Å². The van der Waals surface area contributed by atoms with Crippen LogP contribution in [0.3, 0.4) is 0 Å². The van der Waals surface area contributed by atoms with Crippen molar-refractivity contribution in [2.24, 2.45) is 0 Å². The molecule has 3 nitrogen and oxygen atoms in total. The predicted octanol–water partition coefficient (Wildman–Crippen LogP) is 1.86. The van der Waals surface area contributed by atoms with Gasteiger partial charge in [-0.1, -0.05) is 0 Å². The van der Waals surface area contributed by atoms with Crippen molar-refractivity contribution in [3.05, 3.63) is 0 Å². The van der Waals surface area contributed by atoms with Gasteiger partial charge in [-0.3, -0.25) is 4.90 Å². The Bertz CT molecular complexity index is 285. The third kappa shape index (κ3) is 4.52. The van der Waals surface area contributed by atoms with Crippen molar-refractivity contribution >= 4 is 0 Å². The van der Waals surface area contributed by atoms with E-state index in [9.17, 15) is 13.2 Å². The zero-order valence-electron chi connectivity index (χ0n) is 10.2. The van der Waals surface area contributed by atoms with Gasteiger partial charge in [-0.2, -0.15) is 18.4 Å². The molecule has 0 saturated carbocycles. The van der Waals surface area contributed by atoms with Crippen molar-refractivity contribution in [3.8, 4) is 6.07 Å². The number of halogens is 3. The molecule has 0 radical (unpaired) electrons. The Balaban J connectivity index is 2.34. The van der Waals surface area contributed by atoms with E-state index in [-0.39, 0.29) is 6.54 Å². The summed E-state index contributed by atoms with van der Waals surface area (Å²) in [5, 5.41) is 8.97. The zero-order chi connectivity index (χ0) is 13.1. The molecule has 0 bridgehead atoms. The Kier molecular flexibility index (Phi) is 4.39. The van der Waals surface area contributed by atoms with Gasteiger partial charge in [-0.05, 0) is 13.8 Å². The first-order chi connectivity index (χ1) is 7.74. The van der Waals surface area contributed by atoms with E-state index in [1.165, 1.54) is 0 Å². The second kappa shape index (κ2) is 5.23. The second-order valence-corrected chi connectivity index (χ2v) is 4.86. The molecule has 1 heterocycles. The largest absolute Gasteiger partial charge is 0.390 e. The van der Waals surface area contributed by atoms with Crippen LogP contribution in [-0.4, -0.2) is 54.2 Å².